The van der Waals surface area contributed by atoms with Gasteiger partial charge in [-0.05, 0) is 19.3 Å². The molecule has 0 aromatic carbocycles. The molecule has 0 spiro atoms. The van der Waals surface area contributed by atoms with Crippen LogP contribution in [0.25, 0.3) is 0 Å². The van der Waals surface area contributed by atoms with Crippen molar-refractivity contribution in [2.45, 2.75) is 44.6 Å². The van der Waals surface area contributed by atoms with E-state index in [2.05, 4.69) is 0 Å². The van der Waals surface area contributed by atoms with Crippen molar-refractivity contribution in [3.05, 3.63) is 0 Å². The van der Waals surface area contributed by atoms with Crippen LogP contribution < -0.4 is 0 Å². The van der Waals surface area contributed by atoms with Gasteiger partial charge in [0.2, 0.25) is 0 Å². The van der Waals surface area contributed by atoms with Crippen LogP contribution in [0.5, 0.6) is 0 Å². The lowest BCUT2D eigenvalue weighted by Crippen LogP contribution is -2.40. The number of nitriles is 1. The van der Waals surface area contributed by atoms with Gasteiger partial charge in [-0.25, -0.2) is 0 Å². The Hall–Kier alpha value is -0.550. The van der Waals surface area contributed by atoms with Gasteiger partial charge in [0.25, 0.3) is 0 Å². The largest absolute Gasteiger partial charge is 0.375 e. The van der Waals surface area contributed by atoms with Crippen molar-refractivity contribution in [2.24, 2.45) is 5.92 Å². The minimum absolute atomic E-state index is 0.257. The van der Waals surface area contributed by atoms with Gasteiger partial charge in [-0.3, -0.25) is 0 Å². The van der Waals surface area contributed by atoms with Gasteiger partial charge in [0.15, 0.2) is 5.60 Å². The molecule has 1 unspecified atom stereocenters. The molecule has 1 saturated carbocycles. The van der Waals surface area contributed by atoms with Crippen LogP contribution in [-0.4, -0.2) is 10.7 Å². The molecule has 1 aliphatic carbocycles. The van der Waals surface area contributed by atoms with Gasteiger partial charge in [-0.1, -0.05) is 19.8 Å². The molecule has 0 aromatic rings. The maximum absolute atomic E-state index is 9.78. The van der Waals surface area contributed by atoms with E-state index >= 15 is 0 Å². The SMILES string of the molecule is CCCC(O)(C#N)C1CCC1. The molecule has 0 amide bonds. The van der Waals surface area contributed by atoms with Crippen LogP contribution in [0, 0.1) is 17.2 Å². The quantitative estimate of drug-likeness (QED) is 0.629. The Morgan fingerprint density at radius 3 is 2.55 bits per heavy atom. The second-order valence-corrected chi connectivity index (χ2v) is 3.41. The maximum atomic E-state index is 9.78. The highest BCUT2D eigenvalue weighted by atomic mass is 16.3. The van der Waals surface area contributed by atoms with Gasteiger partial charge in [0.1, 0.15) is 0 Å². The number of nitrogens with zero attached hydrogens (tertiary/aromatic N) is 1. The first-order valence-electron chi connectivity index (χ1n) is 4.36. The predicted octanol–water partition coefficient (Wildman–Crippen LogP) is 1.84. The minimum atomic E-state index is -1.01. The first-order chi connectivity index (χ1) is 5.23. The summed E-state index contributed by atoms with van der Waals surface area (Å²) in [6.07, 6.45) is 4.77. The molecule has 1 aliphatic rings. The molecular weight excluding hydrogens is 138 g/mol. The molecule has 0 heterocycles. The third-order valence-corrected chi connectivity index (χ3v) is 2.61. The van der Waals surface area contributed by atoms with Gasteiger partial charge >= 0.3 is 0 Å². The molecule has 0 bridgehead atoms. The Balaban J connectivity index is 2.52. The molecule has 1 fully saturated rings. The maximum Gasteiger partial charge on any atom is 0.153 e. The highest BCUT2D eigenvalue weighted by molar-refractivity contribution is 5.06. The van der Waals surface area contributed by atoms with E-state index < -0.39 is 5.60 Å². The summed E-state index contributed by atoms with van der Waals surface area (Å²) in [5.74, 6) is 0.257. The lowest BCUT2D eigenvalue weighted by molar-refractivity contribution is -0.00894. The second kappa shape index (κ2) is 3.23. The van der Waals surface area contributed by atoms with Crippen molar-refractivity contribution < 1.29 is 5.11 Å². The molecule has 0 saturated heterocycles. The van der Waals surface area contributed by atoms with Crippen LogP contribution in [0.3, 0.4) is 0 Å². The first-order valence-corrected chi connectivity index (χ1v) is 4.36. The van der Waals surface area contributed by atoms with E-state index in [1.165, 1.54) is 6.42 Å². The van der Waals surface area contributed by atoms with Gasteiger partial charge in [-0.2, -0.15) is 5.26 Å². The fourth-order valence-corrected chi connectivity index (χ4v) is 1.62. The van der Waals surface area contributed by atoms with Crippen molar-refractivity contribution >= 4 is 0 Å². The normalized spacial score (nSPS) is 23.4. The average molecular weight is 153 g/mol. The van der Waals surface area contributed by atoms with Crippen LogP contribution in [0.1, 0.15) is 39.0 Å². The highest BCUT2D eigenvalue weighted by Gasteiger charge is 2.39. The van der Waals surface area contributed by atoms with Gasteiger partial charge in [0, 0.05) is 5.92 Å². The van der Waals surface area contributed by atoms with E-state index in [4.69, 9.17) is 5.26 Å². The van der Waals surface area contributed by atoms with E-state index in [0.717, 1.165) is 19.3 Å². The first kappa shape index (κ1) is 8.55. The summed E-state index contributed by atoms with van der Waals surface area (Å²) in [6, 6.07) is 2.04. The number of rotatable bonds is 3. The summed E-state index contributed by atoms with van der Waals surface area (Å²) >= 11 is 0. The van der Waals surface area contributed by atoms with Gasteiger partial charge < -0.3 is 5.11 Å². The third kappa shape index (κ3) is 1.54. The van der Waals surface area contributed by atoms with Crippen molar-refractivity contribution in [1.29, 1.82) is 5.26 Å². The molecule has 11 heavy (non-hydrogen) atoms. The number of aliphatic hydroxyl groups is 1. The fraction of sp³-hybridized carbons (Fsp3) is 0.889. The Morgan fingerprint density at radius 1 is 1.64 bits per heavy atom. The number of hydrogen-bond donors (Lipinski definition) is 1. The monoisotopic (exact) mass is 153 g/mol. The van der Waals surface area contributed by atoms with E-state index in [9.17, 15) is 5.11 Å². The third-order valence-electron chi connectivity index (χ3n) is 2.61. The van der Waals surface area contributed by atoms with E-state index in [0.29, 0.717) is 6.42 Å². The molecule has 2 nitrogen and oxygen atoms in total. The summed E-state index contributed by atoms with van der Waals surface area (Å²) in [4.78, 5) is 0. The Morgan fingerprint density at radius 2 is 2.27 bits per heavy atom. The molecule has 0 aliphatic heterocycles. The van der Waals surface area contributed by atoms with Crippen LogP contribution in [0.2, 0.25) is 0 Å². The summed E-state index contributed by atoms with van der Waals surface area (Å²) in [7, 11) is 0. The Bertz CT molecular complexity index is 169. The van der Waals surface area contributed by atoms with E-state index in [1.807, 2.05) is 13.0 Å². The van der Waals surface area contributed by atoms with Crippen molar-refractivity contribution in [3.8, 4) is 6.07 Å². The van der Waals surface area contributed by atoms with E-state index in [-0.39, 0.29) is 5.92 Å². The summed E-state index contributed by atoms with van der Waals surface area (Å²) < 4.78 is 0. The Kier molecular flexibility index (Phi) is 2.51. The summed E-state index contributed by atoms with van der Waals surface area (Å²) in [5.41, 5.74) is -1.01. The number of hydrogen-bond acceptors (Lipinski definition) is 2. The van der Waals surface area contributed by atoms with Crippen LogP contribution in [0.15, 0.2) is 0 Å². The topological polar surface area (TPSA) is 44.0 Å². The lowest BCUT2D eigenvalue weighted by Gasteiger charge is -2.36. The molecular formula is C9H15NO. The van der Waals surface area contributed by atoms with Crippen molar-refractivity contribution in [2.75, 3.05) is 0 Å². The smallest absolute Gasteiger partial charge is 0.153 e. The molecule has 1 rings (SSSR count). The van der Waals surface area contributed by atoms with Crippen LogP contribution >= 0.6 is 0 Å². The van der Waals surface area contributed by atoms with Crippen molar-refractivity contribution in [3.63, 3.8) is 0 Å². The standard InChI is InChI=1S/C9H15NO/c1-2-6-9(11,7-10)8-4-3-5-8/h8,11H,2-6H2,1H3. The van der Waals surface area contributed by atoms with Crippen LogP contribution in [0.4, 0.5) is 0 Å². The average Bonchev–Trinajstić information content (AvgIpc) is 1.84. The zero-order valence-corrected chi connectivity index (χ0v) is 7.01. The fourth-order valence-electron chi connectivity index (χ4n) is 1.62. The predicted molar refractivity (Wildman–Crippen MR) is 42.8 cm³/mol. The highest BCUT2D eigenvalue weighted by Crippen LogP contribution is 2.38. The molecule has 0 aromatic heterocycles. The zero-order valence-electron chi connectivity index (χ0n) is 7.01. The zero-order chi connectivity index (χ0) is 8.32. The van der Waals surface area contributed by atoms with Crippen LogP contribution in [-0.2, 0) is 0 Å². The Labute approximate surface area is 67.8 Å². The second-order valence-electron chi connectivity index (χ2n) is 3.41. The minimum Gasteiger partial charge on any atom is -0.375 e. The molecule has 1 N–H and O–H groups in total. The molecule has 1 atom stereocenters. The van der Waals surface area contributed by atoms with Gasteiger partial charge in [-0.15, -0.1) is 0 Å². The summed E-state index contributed by atoms with van der Waals surface area (Å²) in [6.45, 7) is 2.00. The molecule has 2 heteroatoms. The molecule has 62 valence electrons. The van der Waals surface area contributed by atoms with E-state index in [1.54, 1.807) is 0 Å². The summed E-state index contributed by atoms with van der Waals surface area (Å²) in [5, 5.41) is 18.5. The molecule has 0 radical (unpaired) electrons. The van der Waals surface area contributed by atoms with Crippen molar-refractivity contribution in [1.82, 2.24) is 0 Å². The van der Waals surface area contributed by atoms with Gasteiger partial charge in [0.05, 0.1) is 6.07 Å². The lowest BCUT2D eigenvalue weighted by atomic mass is 9.72.